The summed E-state index contributed by atoms with van der Waals surface area (Å²) in [6.45, 7) is 23.2. The second-order valence-electron chi connectivity index (χ2n) is 41.1. The zero-order valence-corrected chi connectivity index (χ0v) is 83.1. The van der Waals surface area contributed by atoms with Crippen LogP contribution < -0.4 is 21.3 Å². The highest BCUT2D eigenvalue weighted by molar-refractivity contribution is 9.10. The molecule has 12 saturated carbocycles. The summed E-state index contributed by atoms with van der Waals surface area (Å²) in [6, 6.07) is 39.3. The molecular formula is C105H99Br2Cl5F4N12O8. The van der Waals surface area contributed by atoms with Gasteiger partial charge >= 0.3 is 0 Å². The van der Waals surface area contributed by atoms with Crippen LogP contribution in [0.1, 0.15) is 180 Å². The maximum absolute atomic E-state index is 14.7. The number of nitrogens with one attached hydrogen (secondary N) is 4. The van der Waals surface area contributed by atoms with Crippen LogP contribution in [0, 0.1) is 123 Å². The number of aromatic nitrogens is 8. The molecule has 136 heavy (non-hydrogen) atoms. The van der Waals surface area contributed by atoms with Gasteiger partial charge in [0.2, 0.25) is 0 Å². The van der Waals surface area contributed by atoms with Crippen LogP contribution in [0.15, 0.2) is 172 Å². The molecule has 31 heteroatoms. The number of rotatable bonds is 16. The lowest BCUT2D eigenvalue weighted by Gasteiger charge is -2.60. The van der Waals surface area contributed by atoms with Crippen LogP contribution in [-0.2, 0) is 0 Å². The summed E-state index contributed by atoms with van der Waals surface area (Å²) in [5.74, 6) is 3.58. The molecule has 12 aliphatic carbocycles. The third-order valence-electron chi connectivity index (χ3n) is 32.7. The Morgan fingerprint density at radius 2 is 0.625 bits per heavy atom. The van der Waals surface area contributed by atoms with Crippen LogP contribution in [0.3, 0.4) is 0 Å². The number of carbonyl (C=O) groups is 4. The number of hydrogen-bond donors (Lipinski definition) is 4. The van der Waals surface area contributed by atoms with E-state index in [2.05, 4.69) is 129 Å². The third kappa shape index (κ3) is 16.0. The standard InChI is InChI=1S/C27H27F2N3O2.C26H24BrCl2N3O2.C26H24BrF2N3O2.C26H24Cl3N3O2/c1-14-4-8-18-22(10-14)34-25-23(31-32(24(18)25)21-9-7-17(28)12-20(21)29)26(33)30-13-15-5-6-16-11-19(15)27(16,2)3;2*1-26(2)14-4-3-13(18(26)9-14)12-30-25(33)22-24-23(17-7-5-15(27)10-21(17)34-24)32(31-22)20-8-6-16(28)11-19(20)29;1-26(2)14-4-3-13(18(26)9-14)12-30-25(33)22-24-23(17-7-5-16(28)11-21(17)34-24)32(31-22)20-8-6-15(27)10-19(20)29/h4,7-10,12,15-16,19H,5-6,11,13H2,1-3H3,(H,30,33);3*5-8,10-11,13-14,18H,3-4,9,12H2,1-2H3,(H,30,33). The molecule has 8 bridgehead atoms. The van der Waals surface area contributed by atoms with Crippen LogP contribution in [-0.4, -0.2) is 88.9 Å². The second-order valence-corrected chi connectivity index (χ2v) is 45.1. The van der Waals surface area contributed by atoms with E-state index < -0.39 is 23.3 Å². The van der Waals surface area contributed by atoms with Gasteiger partial charge in [-0.25, -0.2) is 36.3 Å². The van der Waals surface area contributed by atoms with Crippen molar-refractivity contribution in [2.45, 2.75) is 139 Å². The molecule has 0 saturated heterocycles. The molecule has 4 amide bonds. The van der Waals surface area contributed by atoms with Gasteiger partial charge in [0.15, 0.2) is 56.7 Å². The number of aryl methyl sites for hydroxylation is 1. The molecule has 0 radical (unpaired) electrons. The zero-order chi connectivity index (χ0) is 95.1. The molecule has 12 fully saturated rings. The van der Waals surface area contributed by atoms with Crippen molar-refractivity contribution in [3.63, 3.8) is 0 Å². The first-order valence-electron chi connectivity index (χ1n) is 46.6. The number of furan rings is 4. The number of halogens is 11. The predicted molar refractivity (Wildman–Crippen MR) is 530 cm³/mol. The first-order chi connectivity index (χ1) is 64.9. The van der Waals surface area contributed by atoms with Crippen molar-refractivity contribution in [2.24, 2.45) is 92.7 Å². The van der Waals surface area contributed by atoms with E-state index in [0.29, 0.717) is 204 Å². The minimum Gasteiger partial charge on any atom is -0.452 e. The van der Waals surface area contributed by atoms with Crippen molar-refractivity contribution in [3.8, 4) is 22.7 Å². The lowest BCUT2D eigenvalue weighted by atomic mass is 9.45. The quantitative estimate of drug-likeness (QED) is 0.0661. The van der Waals surface area contributed by atoms with Gasteiger partial charge in [-0.05, 0) is 304 Å². The highest BCUT2D eigenvalue weighted by atomic mass is 79.9. The van der Waals surface area contributed by atoms with Gasteiger partial charge in [0.25, 0.3) is 23.6 Å². The van der Waals surface area contributed by atoms with Crippen LogP contribution in [0.2, 0.25) is 25.1 Å². The van der Waals surface area contributed by atoms with Crippen molar-refractivity contribution in [1.29, 1.82) is 0 Å². The number of nitrogens with zero attached hydrogens (tertiary/aromatic N) is 8. The summed E-state index contributed by atoms with van der Waals surface area (Å²) < 4.78 is 88.7. The maximum Gasteiger partial charge on any atom is 0.275 e. The molecule has 12 aliphatic rings. The molecule has 0 aliphatic heterocycles. The summed E-state index contributed by atoms with van der Waals surface area (Å²) >= 11 is 38.4. The largest absolute Gasteiger partial charge is 0.452 e. The van der Waals surface area contributed by atoms with E-state index >= 15 is 0 Å². The number of hydrogen-bond acceptors (Lipinski definition) is 12. The Morgan fingerprint density at radius 1 is 0.353 bits per heavy atom. The fourth-order valence-corrected chi connectivity index (χ4v) is 26.4. The molecule has 8 aromatic heterocycles. The van der Waals surface area contributed by atoms with Crippen LogP contribution >= 0.6 is 89.9 Å². The fourth-order valence-electron chi connectivity index (χ4n) is 24.6. The molecule has 8 heterocycles. The maximum atomic E-state index is 14.7. The molecular weight excluding hydrogens is 1970 g/mol. The minimum atomic E-state index is -0.771. The first kappa shape index (κ1) is 92.2. The van der Waals surface area contributed by atoms with Crippen LogP contribution in [0.4, 0.5) is 17.6 Å². The molecule has 0 spiro atoms. The van der Waals surface area contributed by atoms with Crippen molar-refractivity contribution in [3.05, 3.63) is 231 Å². The van der Waals surface area contributed by atoms with Gasteiger partial charge < -0.3 is 38.9 Å². The summed E-state index contributed by atoms with van der Waals surface area (Å²) in [4.78, 5) is 53.4. The highest BCUT2D eigenvalue weighted by Gasteiger charge is 2.58. The van der Waals surface area contributed by atoms with Gasteiger partial charge in [0, 0.05) is 89.9 Å². The third-order valence-corrected chi connectivity index (χ3v) is 35.0. The molecule has 12 unspecified atom stereocenters. The molecule has 12 atom stereocenters. The fraction of sp³-hybridized carbons (Fsp3) is 0.390. The average molecular weight is 2070 g/mol. The SMILES string of the molecule is CC1(C)C2CCC(CNC(=O)c3nn(-c4ccc(Cl)cc4Cl)c4c3oc3cc(Br)ccc34)C1C2.CC1(C)C2CCC(CNC(=O)c3nn(-c4ccc(Cl)cc4Cl)c4c3oc3cc(Cl)ccc34)C1C2.CC1(C)C2CCC(CNC(=O)c3nn(-c4ccc(F)cc4F)c4c3oc3cc(Br)ccc34)C1C2.Cc1ccc2c(c1)oc1c(C(=O)NCC3CCC4CC3C4(C)C)nn(-c3ccc(F)cc3F)c12. The van der Waals surface area contributed by atoms with E-state index in [-0.39, 0.29) is 63.4 Å². The molecule has 704 valence electrons. The van der Waals surface area contributed by atoms with Gasteiger partial charge in [0.05, 0.1) is 21.4 Å². The van der Waals surface area contributed by atoms with Gasteiger partial charge in [-0.1, -0.05) is 151 Å². The molecule has 4 N–H and O–H groups in total. The van der Waals surface area contributed by atoms with E-state index in [1.165, 1.54) is 91.4 Å². The highest BCUT2D eigenvalue weighted by Crippen LogP contribution is 2.65. The van der Waals surface area contributed by atoms with Crippen molar-refractivity contribution >= 4 is 202 Å². The van der Waals surface area contributed by atoms with Crippen molar-refractivity contribution < 1.29 is 54.4 Å². The van der Waals surface area contributed by atoms with Crippen molar-refractivity contribution in [2.75, 3.05) is 26.2 Å². The molecule has 8 aromatic carbocycles. The minimum absolute atomic E-state index is 0.0469. The van der Waals surface area contributed by atoms with Crippen LogP contribution in [0.5, 0.6) is 0 Å². The molecule has 20 nitrogen and oxygen atoms in total. The Hall–Kier alpha value is -10.2. The average Bonchev–Trinajstić information content (AvgIpc) is 1.71. The van der Waals surface area contributed by atoms with Gasteiger partial charge in [-0.15, -0.1) is 0 Å². The number of fused-ring (bicyclic) bond motifs is 20. The van der Waals surface area contributed by atoms with E-state index in [9.17, 15) is 36.7 Å². The first-order valence-corrected chi connectivity index (χ1v) is 50.1. The van der Waals surface area contributed by atoms with Gasteiger partial charge in [-0.2, -0.15) is 20.4 Å². The van der Waals surface area contributed by atoms with Gasteiger partial charge in [-0.3, -0.25) is 19.2 Å². The predicted octanol–water partition coefficient (Wildman–Crippen LogP) is 28.0. The Balaban J connectivity index is 0.000000108. The summed E-state index contributed by atoms with van der Waals surface area (Å²) in [5, 5.41) is 36.2. The summed E-state index contributed by atoms with van der Waals surface area (Å²) in [7, 11) is 0. The smallest absolute Gasteiger partial charge is 0.275 e. The van der Waals surface area contributed by atoms with E-state index in [0.717, 1.165) is 80.3 Å². The molecule has 28 rings (SSSR count). The zero-order valence-electron chi connectivity index (χ0n) is 76.1. The Kier molecular flexibility index (Phi) is 23.7. The number of carbonyl (C=O) groups excluding carboxylic acids is 4. The van der Waals surface area contributed by atoms with E-state index in [1.807, 2.05) is 61.5 Å². The summed E-state index contributed by atoms with van der Waals surface area (Å²) in [5.41, 5.74) is 10.6. The Morgan fingerprint density at radius 3 is 0.926 bits per heavy atom. The lowest BCUT2D eigenvalue weighted by molar-refractivity contribution is -0.103. The van der Waals surface area contributed by atoms with Crippen molar-refractivity contribution in [1.82, 2.24) is 60.4 Å². The lowest BCUT2D eigenvalue weighted by Crippen LogP contribution is -2.54. The van der Waals surface area contributed by atoms with E-state index in [4.69, 9.17) is 75.7 Å². The number of benzene rings is 8. The Labute approximate surface area is 822 Å². The second kappa shape index (κ2) is 35.0. The van der Waals surface area contributed by atoms with Crippen LogP contribution in [0.25, 0.3) is 111 Å². The monoisotopic (exact) mass is 2060 g/mol. The van der Waals surface area contributed by atoms with E-state index in [1.54, 1.807) is 64.0 Å². The topological polar surface area (TPSA) is 240 Å². The normalized spacial score (nSPS) is 23.3. The Bertz CT molecular complexity index is 6700. The van der Waals surface area contributed by atoms with Gasteiger partial charge in [0.1, 0.15) is 67.4 Å². The molecule has 16 aromatic rings. The number of amides is 4. The summed E-state index contributed by atoms with van der Waals surface area (Å²) in [6.07, 6.45) is 14.5.